The molecule has 0 aliphatic carbocycles. The van der Waals surface area contributed by atoms with Crippen LogP contribution in [0.5, 0.6) is 5.75 Å². The van der Waals surface area contributed by atoms with Gasteiger partial charge in [0.2, 0.25) is 11.8 Å². The molecule has 1 aliphatic rings. The lowest BCUT2D eigenvalue weighted by Gasteiger charge is -2.36. The van der Waals surface area contributed by atoms with Crippen LogP contribution in [0.15, 0.2) is 42.5 Å². The number of likely N-dealkylation sites (N-methyl/N-ethyl adjacent to an activating group) is 1. The Morgan fingerprint density at radius 1 is 1.07 bits per heavy atom. The molecular weight excluding hydrogens is 382 g/mol. The fraction of sp³-hybridized carbons (Fsp3) is 0.409. The summed E-state index contributed by atoms with van der Waals surface area (Å²) in [6.45, 7) is 5.10. The molecule has 8 nitrogen and oxygen atoms in total. The number of amides is 2. The summed E-state index contributed by atoms with van der Waals surface area (Å²) in [5, 5.41) is 2.77. The number of methoxy groups -OCH3 is 1. The van der Waals surface area contributed by atoms with Gasteiger partial charge in [0, 0.05) is 37.6 Å². The van der Waals surface area contributed by atoms with E-state index in [9.17, 15) is 9.59 Å². The van der Waals surface area contributed by atoms with Crippen molar-refractivity contribution in [1.82, 2.24) is 14.8 Å². The van der Waals surface area contributed by atoms with Crippen molar-refractivity contribution in [3.05, 3.63) is 48.2 Å². The lowest BCUT2D eigenvalue weighted by molar-refractivity contribution is -0.132. The van der Waals surface area contributed by atoms with Crippen LogP contribution in [0.1, 0.15) is 5.69 Å². The van der Waals surface area contributed by atoms with E-state index >= 15 is 0 Å². The van der Waals surface area contributed by atoms with Crippen molar-refractivity contribution < 1.29 is 14.3 Å². The molecule has 0 atom stereocenters. The van der Waals surface area contributed by atoms with E-state index in [0.717, 1.165) is 30.2 Å². The van der Waals surface area contributed by atoms with Crippen LogP contribution >= 0.6 is 0 Å². The van der Waals surface area contributed by atoms with Gasteiger partial charge in [0.05, 0.1) is 20.2 Å². The highest BCUT2D eigenvalue weighted by molar-refractivity contribution is 5.91. The van der Waals surface area contributed by atoms with Crippen molar-refractivity contribution in [1.29, 1.82) is 0 Å². The van der Waals surface area contributed by atoms with Crippen LogP contribution in [0.2, 0.25) is 0 Å². The number of anilines is 2. The van der Waals surface area contributed by atoms with Gasteiger partial charge in [-0.2, -0.15) is 0 Å². The average molecular weight is 412 g/mol. The molecule has 2 amide bonds. The molecule has 0 unspecified atom stereocenters. The van der Waals surface area contributed by atoms with Gasteiger partial charge in [-0.05, 0) is 50.4 Å². The number of carbonyl (C=O) groups excluding carboxylic acids is 2. The highest BCUT2D eigenvalue weighted by Gasteiger charge is 2.22. The first-order valence-electron chi connectivity index (χ1n) is 10.0. The SMILES string of the molecule is COc1ccc(N2CCN(C(=O)CN(C)CC(=O)Nc3cccc(C)n3)CC2)cc1. The molecule has 2 heterocycles. The minimum absolute atomic E-state index is 0.0355. The average Bonchev–Trinajstić information content (AvgIpc) is 2.73. The summed E-state index contributed by atoms with van der Waals surface area (Å²) < 4.78 is 5.20. The van der Waals surface area contributed by atoms with Gasteiger partial charge in [0.15, 0.2) is 0 Å². The predicted molar refractivity (Wildman–Crippen MR) is 117 cm³/mol. The first kappa shape index (κ1) is 21.6. The molecule has 1 fully saturated rings. The highest BCUT2D eigenvalue weighted by atomic mass is 16.5. The summed E-state index contributed by atoms with van der Waals surface area (Å²) >= 11 is 0. The zero-order valence-electron chi connectivity index (χ0n) is 17.8. The largest absolute Gasteiger partial charge is 0.497 e. The standard InChI is InChI=1S/C22H29N5O3/c1-17-5-4-6-20(23-17)24-21(28)15-25(2)16-22(29)27-13-11-26(12-14-27)18-7-9-19(30-3)10-8-18/h4-10H,11-16H2,1-3H3,(H,23,24,28). The van der Waals surface area contributed by atoms with E-state index in [1.54, 1.807) is 25.1 Å². The second kappa shape index (κ2) is 10.1. The van der Waals surface area contributed by atoms with Gasteiger partial charge < -0.3 is 19.9 Å². The first-order valence-corrected chi connectivity index (χ1v) is 10.0. The Morgan fingerprint density at radius 3 is 2.40 bits per heavy atom. The van der Waals surface area contributed by atoms with Crippen LogP contribution in [-0.2, 0) is 9.59 Å². The van der Waals surface area contributed by atoms with Gasteiger partial charge in [-0.1, -0.05) is 6.07 Å². The number of nitrogens with one attached hydrogen (secondary N) is 1. The molecule has 3 rings (SSSR count). The number of aromatic nitrogens is 1. The molecule has 1 saturated heterocycles. The van der Waals surface area contributed by atoms with Crippen LogP contribution < -0.4 is 15.0 Å². The molecule has 8 heteroatoms. The quantitative estimate of drug-likeness (QED) is 0.746. The minimum atomic E-state index is -0.187. The number of rotatable bonds is 7. The molecule has 2 aromatic rings. The summed E-state index contributed by atoms with van der Waals surface area (Å²) in [5.74, 6) is 1.20. The number of aryl methyl sites for hydroxylation is 1. The third-order valence-electron chi connectivity index (χ3n) is 5.04. The molecule has 1 aromatic heterocycles. The number of ether oxygens (including phenoxy) is 1. The van der Waals surface area contributed by atoms with Crippen molar-refractivity contribution in [2.24, 2.45) is 0 Å². The van der Waals surface area contributed by atoms with E-state index in [1.165, 1.54) is 0 Å². The highest BCUT2D eigenvalue weighted by Crippen LogP contribution is 2.20. The Hall–Kier alpha value is -3.13. The lowest BCUT2D eigenvalue weighted by atomic mass is 10.2. The Kier molecular flexibility index (Phi) is 7.24. The van der Waals surface area contributed by atoms with E-state index in [1.807, 2.05) is 48.2 Å². The molecule has 0 radical (unpaired) electrons. The number of carbonyl (C=O) groups is 2. The zero-order valence-corrected chi connectivity index (χ0v) is 17.8. The molecule has 30 heavy (non-hydrogen) atoms. The Balaban J connectivity index is 1.42. The van der Waals surface area contributed by atoms with Gasteiger partial charge >= 0.3 is 0 Å². The smallest absolute Gasteiger partial charge is 0.239 e. The molecular formula is C22H29N5O3. The number of hydrogen-bond acceptors (Lipinski definition) is 6. The number of benzene rings is 1. The molecule has 0 bridgehead atoms. The summed E-state index contributed by atoms with van der Waals surface area (Å²) in [5.41, 5.74) is 1.96. The lowest BCUT2D eigenvalue weighted by Crippen LogP contribution is -2.51. The fourth-order valence-corrected chi connectivity index (χ4v) is 3.43. The van der Waals surface area contributed by atoms with Crippen molar-refractivity contribution in [3.8, 4) is 5.75 Å². The fourth-order valence-electron chi connectivity index (χ4n) is 3.43. The zero-order chi connectivity index (χ0) is 21.5. The van der Waals surface area contributed by atoms with Crippen LogP contribution in [0.3, 0.4) is 0 Å². The third kappa shape index (κ3) is 5.93. The van der Waals surface area contributed by atoms with Crippen LogP contribution in [0.25, 0.3) is 0 Å². The van der Waals surface area contributed by atoms with Crippen LogP contribution in [0, 0.1) is 6.92 Å². The van der Waals surface area contributed by atoms with Gasteiger partial charge in [-0.3, -0.25) is 14.5 Å². The second-order valence-corrected chi connectivity index (χ2v) is 7.45. The van der Waals surface area contributed by atoms with E-state index < -0.39 is 0 Å². The van der Waals surface area contributed by atoms with Gasteiger partial charge in [-0.15, -0.1) is 0 Å². The summed E-state index contributed by atoms with van der Waals surface area (Å²) in [4.78, 5) is 34.9. The molecule has 160 valence electrons. The number of hydrogen-bond donors (Lipinski definition) is 1. The summed E-state index contributed by atoms with van der Waals surface area (Å²) in [6, 6.07) is 13.4. The van der Waals surface area contributed by atoms with Crippen molar-refractivity contribution in [2.45, 2.75) is 6.92 Å². The Labute approximate surface area is 177 Å². The normalized spacial score (nSPS) is 14.0. The molecule has 1 aromatic carbocycles. The summed E-state index contributed by atoms with van der Waals surface area (Å²) in [7, 11) is 3.42. The predicted octanol–water partition coefficient (Wildman–Crippen LogP) is 1.62. The molecule has 1 aliphatic heterocycles. The van der Waals surface area contributed by atoms with Crippen LogP contribution in [-0.4, -0.2) is 80.0 Å². The number of nitrogens with zero attached hydrogens (tertiary/aromatic N) is 4. The van der Waals surface area contributed by atoms with Crippen molar-refractivity contribution >= 4 is 23.3 Å². The molecule has 0 spiro atoms. The monoisotopic (exact) mass is 411 g/mol. The molecule has 0 saturated carbocycles. The first-order chi connectivity index (χ1) is 14.4. The number of pyridine rings is 1. The Bertz CT molecular complexity index is 863. The van der Waals surface area contributed by atoms with Gasteiger partial charge in [-0.25, -0.2) is 4.98 Å². The maximum Gasteiger partial charge on any atom is 0.239 e. The van der Waals surface area contributed by atoms with E-state index in [-0.39, 0.29) is 24.9 Å². The van der Waals surface area contributed by atoms with E-state index in [2.05, 4.69) is 15.2 Å². The van der Waals surface area contributed by atoms with E-state index in [4.69, 9.17) is 4.74 Å². The Morgan fingerprint density at radius 2 is 1.77 bits per heavy atom. The van der Waals surface area contributed by atoms with Crippen molar-refractivity contribution in [2.75, 3.05) is 63.6 Å². The second-order valence-electron chi connectivity index (χ2n) is 7.45. The minimum Gasteiger partial charge on any atom is -0.497 e. The van der Waals surface area contributed by atoms with Crippen LogP contribution in [0.4, 0.5) is 11.5 Å². The van der Waals surface area contributed by atoms with Gasteiger partial charge in [0.1, 0.15) is 11.6 Å². The van der Waals surface area contributed by atoms with Crippen molar-refractivity contribution in [3.63, 3.8) is 0 Å². The number of piperazine rings is 1. The topological polar surface area (TPSA) is 78.0 Å². The molecule has 1 N–H and O–H groups in total. The maximum absolute atomic E-state index is 12.6. The van der Waals surface area contributed by atoms with E-state index in [0.29, 0.717) is 18.9 Å². The maximum atomic E-state index is 12.6. The summed E-state index contributed by atoms with van der Waals surface area (Å²) in [6.07, 6.45) is 0. The third-order valence-corrected chi connectivity index (χ3v) is 5.04. The van der Waals surface area contributed by atoms with Gasteiger partial charge in [0.25, 0.3) is 0 Å².